The number of rotatable bonds is 6. The van der Waals surface area contributed by atoms with E-state index in [1.165, 1.54) is 19.2 Å². The zero-order valence-electron chi connectivity index (χ0n) is 13.6. The first kappa shape index (κ1) is 18.0. The van der Waals surface area contributed by atoms with E-state index in [0.29, 0.717) is 5.69 Å². The third-order valence-electron chi connectivity index (χ3n) is 3.63. The lowest BCUT2D eigenvalue weighted by atomic mass is 10.0. The zero-order chi connectivity index (χ0) is 17.7. The van der Waals surface area contributed by atoms with Crippen molar-refractivity contribution in [3.05, 3.63) is 48.0 Å². The maximum atomic E-state index is 12.2. The highest BCUT2D eigenvalue weighted by Gasteiger charge is 2.14. The second kappa shape index (κ2) is 7.46. The average Bonchev–Trinajstić information content (AvgIpc) is 2.57. The van der Waals surface area contributed by atoms with Crippen LogP contribution in [-0.2, 0) is 19.6 Å². The summed E-state index contributed by atoms with van der Waals surface area (Å²) < 4.78 is 31.2. The Balaban J connectivity index is 2.13. The van der Waals surface area contributed by atoms with Gasteiger partial charge >= 0.3 is 5.97 Å². The molecular formula is C17H20N2O4S. The van der Waals surface area contributed by atoms with Crippen molar-refractivity contribution in [3.63, 3.8) is 0 Å². The summed E-state index contributed by atoms with van der Waals surface area (Å²) in [6.45, 7) is 1.92. The second-order valence-electron chi connectivity index (χ2n) is 5.32. The number of carbonyl (C=O) groups excluding carboxylic acids is 1. The first-order valence-corrected chi connectivity index (χ1v) is 8.85. The van der Waals surface area contributed by atoms with Crippen LogP contribution in [0.2, 0.25) is 0 Å². The van der Waals surface area contributed by atoms with Gasteiger partial charge in [-0.15, -0.1) is 0 Å². The number of nitrogens with one attached hydrogen (secondary N) is 1. The number of hydrogen-bond acceptors (Lipinski definition) is 5. The van der Waals surface area contributed by atoms with E-state index in [9.17, 15) is 13.2 Å². The molecule has 0 amide bonds. The summed E-state index contributed by atoms with van der Waals surface area (Å²) in [6.07, 6.45) is -0.0174. The summed E-state index contributed by atoms with van der Waals surface area (Å²) in [6, 6.07) is 12.2. The maximum Gasteiger partial charge on any atom is 0.306 e. The van der Waals surface area contributed by atoms with Gasteiger partial charge in [-0.2, -0.15) is 0 Å². The van der Waals surface area contributed by atoms with Gasteiger partial charge in [-0.05, 0) is 41.8 Å². The molecule has 128 valence electrons. The standard InChI is InChI=1S/C17H20N2O4S/c1-12-3-4-14(11-16(12)18)13-5-7-15(8-6-13)24(21,22)19-10-9-17(20)23-2/h3-8,11,19H,9-10,18H2,1-2H3. The summed E-state index contributed by atoms with van der Waals surface area (Å²) in [5, 5.41) is 0. The number of esters is 1. The number of nitrogens with two attached hydrogens (primary N) is 1. The highest BCUT2D eigenvalue weighted by Crippen LogP contribution is 2.24. The molecule has 7 heteroatoms. The van der Waals surface area contributed by atoms with Gasteiger partial charge in [0, 0.05) is 12.2 Å². The molecule has 2 aromatic carbocycles. The summed E-state index contributed by atoms with van der Waals surface area (Å²) in [5.41, 5.74) is 9.37. The van der Waals surface area contributed by atoms with Crippen molar-refractivity contribution in [1.29, 1.82) is 0 Å². The third kappa shape index (κ3) is 4.33. The van der Waals surface area contributed by atoms with Crippen LogP contribution < -0.4 is 10.5 Å². The molecule has 0 saturated carbocycles. The summed E-state index contributed by atoms with van der Waals surface area (Å²) in [5.74, 6) is -0.468. The molecule has 0 radical (unpaired) electrons. The van der Waals surface area contributed by atoms with Crippen molar-refractivity contribution in [2.24, 2.45) is 0 Å². The molecule has 0 bridgehead atoms. The topological polar surface area (TPSA) is 98.5 Å². The Morgan fingerprint density at radius 2 is 1.75 bits per heavy atom. The van der Waals surface area contributed by atoms with Crippen LogP contribution in [-0.4, -0.2) is 28.0 Å². The minimum atomic E-state index is -3.66. The van der Waals surface area contributed by atoms with E-state index >= 15 is 0 Å². The van der Waals surface area contributed by atoms with Gasteiger partial charge in [0.15, 0.2) is 0 Å². The lowest BCUT2D eigenvalue weighted by molar-refractivity contribution is -0.140. The van der Waals surface area contributed by atoms with Gasteiger partial charge in [0.05, 0.1) is 18.4 Å². The van der Waals surface area contributed by atoms with E-state index in [1.807, 2.05) is 25.1 Å². The van der Waals surface area contributed by atoms with Crippen molar-refractivity contribution < 1.29 is 17.9 Å². The van der Waals surface area contributed by atoms with Crippen LogP contribution in [0, 0.1) is 6.92 Å². The minimum absolute atomic E-state index is 0.00868. The molecule has 3 N–H and O–H groups in total. The van der Waals surface area contributed by atoms with Gasteiger partial charge in [0.25, 0.3) is 0 Å². The van der Waals surface area contributed by atoms with Crippen molar-refractivity contribution >= 4 is 21.7 Å². The Kier molecular flexibility index (Phi) is 5.58. The fraction of sp³-hybridized carbons (Fsp3) is 0.235. The van der Waals surface area contributed by atoms with Crippen LogP contribution in [0.5, 0.6) is 0 Å². The predicted octanol–water partition coefficient (Wildman–Crippen LogP) is 2.09. The molecule has 0 atom stereocenters. The first-order chi connectivity index (χ1) is 11.3. The molecule has 0 aliphatic carbocycles. The second-order valence-corrected chi connectivity index (χ2v) is 7.09. The number of methoxy groups -OCH3 is 1. The van der Waals surface area contributed by atoms with E-state index < -0.39 is 16.0 Å². The third-order valence-corrected chi connectivity index (χ3v) is 5.10. The smallest absolute Gasteiger partial charge is 0.306 e. The molecule has 0 spiro atoms. The van der Waals surface area contributed by atoms with Crippen molar-refractivity contribution in [2.75, 3.05) is 19.4 Å². The maximum absolute atomic E-state index is 12.2. The van der Waals surface area contributed by atoms with E-state index in [-0.39, 0.29) is 17.9 Å². The molecule has 0 fully saturated rings. The van der Waals surface area contributed by atoms with Crippen LogP contribution in [0.25, 0.3) is 11.1 Å². The minimum Gasteiger partial charge on any atom is -0.469 e. The number of anilines is 1. The van der Waals surface area contributed by atoms with E-state index in [1.54, 1.807) is 12.1 Å². The molecule has 2 rings (SSSR count). The number of nitrogen functional groups attached to an aromatic ring is 1. The molecule has 24 heavy (non-hydrogen) atoms. The van der Waals surface area contributed by atoms with E-state index in [0.717, 1.165) is 16.7 Å². The fourth-order valence-electron chi connectivity index (χ4n) is 2.12. The lowest BCUT2D eigenvalue weighted by Crippen LogP contribution is -2.26. The van der Waals surface area contributed by atoms with Crippen molar-refractivity contribution in [3.8, 4) is 11.1 Å². The van der Waals surface area contributed by atoms with Gasteiger partial charge in [-0.3, -0.25) is 4.79 Å². The summed E-state index contributed by atoms with van der Waals surface area (Å²) in [7, 11) is -2.40. The molecule has 2 aromatic rings. The average molecular weight is 348 g/mol. The molecular weight excluding hydrogens is 328 g/mol. The van der Waals surface area contributed by atoms with Gasteiger partial charge < -0.3 is 10.5 Å². The Labute approximate surface area is 141 Å². The molecule has 0 aromatic heterocycles. The molecule has 0 aliphatic rings. The predicted molar refractivity (Wildman–Crippen MR) is 92.8 cm³/mol. The van der Waals surface area contributed by atoms with Gasteiger partial charge in [0.1, 0.15) is 0 Å². The molecule has 0 unspecified atom stereocenters. The monoisotopic (exact) mass is 348 g/mol. The SMILES string of the molecule is COC(=O)CCNS(=O)(=O)c1ccc(-c2ccc(C)c(N)c2)cc1. The number of benzene rings is 2. The highest BCUT2D eigenvalue weighted by molar-refractivity contribution is 7.89. The molecule has 0 saturated heterocycles. The zero-order valence-corrected chi connectivity index (χ0v) is 14.4. The van der Waals surface area contributed by atoms with Crippen LogP contribution in [0.15, 0.2) is 47.4 Å². The lowest BCUT2D eigenvalue weighted by Gasteiger charge is -2.08. The van der Waals surface area contributed by atoms with Crippen LogP contribution in [0.1, 0.15) is 12.0 Å². The Morgan fingerprint density at radius 3 is 2.33 bits per heavy atom. The van der Waals surface area contributed by atoms with Gasteiger partial charge in [0.2, 0.25) is 10.0 Å². The Morgan fingerprint density at radius 1 is 1.12 bits per heavy atom. The number of sulfonamides is 1. The van der Waals surface area contributed by atoms with E-state index in [2.05, 4.69) is 9.46 Å². The summed E-state index contributed by atoms with van der Waals surface area (Å²) in [4.78, 5) is 11.2. The first-order valence-electron chi connectivity index (χ1n) is 7.36. The normalized spacial score (nSPS) is 11.2. The summed E-state index contributed by atoms with van der Waals surface area (Å²) >= 11 is 0. The molecule has 0 aliphatic heterocycles. The van der Waals surface area contributed by atoms with Gasteiger partial charge in [-0.1, -0.05) is 24.3 Å². The van der Waals surface area contributed by atoms with Crippen LogP contribution >= 0.6 is 0 Å². The van der Waals surface area contributed by atoms with Gasteiger partial charge in [-0.25, -0.2) is 13.1 Å². The van der Waals surface area contributed by atoms with Crippen LogP contribution in [0.3, 0.4) is 0 Å². The number of aryl methyl sites for hydroxylation is 1. The van der Waals surface area contributed by atoms with Crippen LogP contribution in [0.4, 0.5) is 5.69 Å². The number of ether oxygens (including phenoxy) is 1. The largest absolute Gasteiger partial charge is 0.469 e. The Bertz CT molecular complexity index is 830. The number of hydrogen-bond donors (Lipinski definition) is 2. The van der Waals surface area contributed by atoms with Crippen molar-refractivity contribution in [1.82, 2.24) is 4.72 Å². The van der Waals surface area contributed by atoms with Crippen molar-refractivity contribution in [2.45, 2.75) is 18.2 Å². The Hall–Kier alpha value is -2.38. The number of carbonyl (C=O) groups is 1. The van der Waals surface area contributed by atoms with E-state index in [4.69, 9.17) is 5.73 Å². The molecule has 6 nitrogen and oxygen atoms in total. The quantitative estimate of drug-likeness (QED) is 0.615. The fourth-order valence-corrected chi connectivity index (χ4v) is 3.15. The molecule has 0 heterocycles. The highest BCUT2D eigenvalue weighted by atomic mass is 32.2.